The highest BCUT2D eigenvalue weighted by Crippen LogP contribution is 2.21. The van der Waals surface area contributed by atoms with Gasteiger partial charge in [-0.25, -0.2) is 0 Å². The highest BCUT2D eigenvalue weighted by atomic mass is 79.9. The predicted octanol–water partition coefficient (Wildman–Crippen LogP) is 3.91. The molecular weight excluding hydrogens is 392 g/mol. The van der Waals surface area contributed by atoms with E-state index in [1.165, 1.54) is 10.6 Å². The first kappa shape index (κ1) is 18.1. The molecule has 0 spiro atoms. The predicted molar refractivity (Wildman–Crippen MR) is 106 cm³/mol. The molecule has 0 saturated heterocycles. The fourth-order valence-electron chi connectivity index (χ4n) is 2.78. The van der Waals surface area contributed by atoms with Crippen LogP contribution in [0, 0.1) is 0 Å². The summed E-state index contributed by atoms with van der Waals surface area (Å²) >= 11 is 3.34. The summed E-state index contributed by atoms with van der Waals surface area (Å²) in [5, 5.41) is 3.09. The maximum atomic E-state index is 12.5. The lowest BCUT2D eigenvalue weighted by molar-refractivity contribution is -0.121. The molecule has 2 aromatic carbocycles. The number of rotatable bonds is 6. The van der Waals surface area contributed by atoms with Crippen molar-refractivity contribution >= 4 is 21.8 Å². The van der Waals surface area contributed by atoms with E-state index in [0.717, 1.165) is 15.6 Å². The smallest absolute Gasteiger partial charge is 0.250 e. The van der Waals surface area contributed by atoms with Crippen molar-refractivity contribution in [1.82, 2.24) is 9.88 Å². The van der Waals surface area contributed by atoms with Crippen molar-refractivity contribution < 1.29 is 4.79 Å². The van der Waals surface area contributed by atoms with Gasteiger partial charge in [-0.3, -0.25) is 9.59 Å². The zero-order chi connectivity index (χ0) is 18.4. The zero-order valence-corrected chi connectivity index (χ0v) is 15.7. The Bertz CT molecular complexity index is 884. The number of carbonyl (C=O) groups is 1. The molecule has 132 valence electrons. The number of benzene rings is 2. The minimum atomic E-state index is -0.218. The quantitative estimate of drug-likeness (QED) is 0.669. The lowest BCUT2D eigenvalue weighted by atomic mass is 9.98. The lowest BCUT2D eigenvalue weighted by Gasteiger charge is -2.20. The first-order valence-electron chi connectivity index (χ1n) is 8.39. The summed E-state index contributed by atoms with van der Waals surface area (Å²) in [5.41, 5.74) is 1.92. The van der Waals surface area contributed by atoms with Crippen molar-refractivity contribution in [3.05, 3.63) is 105 Å². The summed E-state index contributed by atoms with van der Waals surface area (Å²) < 4.78 is 2.34. The fourth-order valence-corrected chi connectivity index (χ4v) is 3.16. The van der Waals surface area contributed by atoms with Gasteiger partial charge in [-0.2, -0.15) is 0 Å². The molecule has 5 heteroatoms. The normalized spacial score (nSPS) is 10.7. The van der Waals surface area contributed by atoms with Crippen molar-refractivity contribution in [2.24, 2.45) is 0 Å². The Labute approximate surface area is 160 Å². The summed E-state index contributed by atoms with van der Waals surface area (Å²) in [4.78, 5) is 24.4. The standard InChI is InChI=1S/C21H19BrN2O2/c22-18-11-12-20(26)24(15-18)14-13-19(25)23-21(16-7-3-1-4-8-16)17-9-5-2-6-10-17/h1-12,15,21H,13-14H2,(H,23,25). The fraction of sp³-hybridized carbons (Fsp3) is 0.143. The third-order valence-electron chi connectivity index (χ3n) is 4.10. The molecule has 0 atom stereocenters. The Kier molecular flexibility index (Phi) is 6.02. The number of halogens is 1. The molecule has 1 amide bonds. The van der Waals surface area contributed by atoms with Crippen molar-refractivity contribution in [3.63, 3.8) is 0 Å². The maximum Gasteiger partial charge on any atom is 0.250 e. The second-order valence-electron chi connectivity index (χ2n) is 5.95. The van der Waals surface area contributed by atoms with Crippen molar-refractivity contribution in [1.29, 1.82) is 0 Å². The van der Waals surface area contributed by atoms with Gasteiger partial charge in [0.15, 0.2) is 0 Å². The molecule has 0 aliphatic carbocycles. The van der Waals surface area contributed by atoms with Crippen LogP contribution in [0.2, 0.25) is 0 Å². The molecule has 0 radical (unpaired) electrons. The molecule has 4 nitrogen and oxygen atoms in total. The van der Waals surface area contributed by atoms with E-state index in [4.69, 9.17) is 0 Å². The molecule has 1 N–H and O–H groups in total. The van der Waals surface area contributed by atoms with Gasteiger partial charge in [0.2, 0.25) is 5.91 Å². The first-order valence-corrected chi connectivity index (χ1v) is 9.18. The SMILES string of the molecule is O=C(CCn1cc(Br)ccc1=O)NC(c1ccccc1)c1ccccc1. The number of pyridine rings is 1. The Morgan fingerprint density at radius 3 is 2.08 bits per heavy atom. The van der Waals surface area contributed by atoms with Crippen LogP contribution in [0.25, 0.3) is 0 Å². The summed E-state index contributed by atoms with van der Waals surface area (Å²) in [6.07, 6.45) is 1.92. The van der Waals surface area contributed by atoms with Crippen molar-refractivity contribution in [2.75, 3.05) is 0 Å². The van der Waals surface area contributed by atoms with Gasteiger partial charge in [-0.05, 0) is 33.1 Å². The van der Waals surface area contributed by atoms with Crippen LogP contribution in [0.5, 0.6) is 0 Å². The van der Waals surface area contributed by atoms with Gasteiger partial charge in [0.25, 0.3) is 5.56 Å². The number of aryl methyl sites for hydroxylation is 1. The van der Waals surface area contributed by atoms with Crippen LogP contribution in [0.15, 0.2) is 88.3 Å². The van der Waals surface area contributed by atoms with E-state index in [9.17, 15) is 9.59 Å². The molecule has 0 saturated carbocycles. The zero-order valence-electron chi connectivity index (χ0n) is 14.1. The van der Waals surface area contributed by atoms with Gasteiger partial charge in [-0.15, -0.1) is 0 Å². The molecular formula is C21H19BrN2O2. The number of nitrogens with zero attached hydrogens (tertiary/aromatic N) is 1. The number of nitrogens with one attached hydrogen (secondary N) is 1. The van der Waals surface area contributed by atoms with Gasteiger partial charge < -0.3 is 9.88 Å². The van der Waals surface area contributed by atoms with Crippen LogP contribution in [0.4, 0.5) is 0 Å². The van der Waals surface area contributed by atoms with E-state index in [2.05, 4.69) is 21.2 Å². The summed E-state index contributed by atoms with van der Waals surface area (Å²) in [5.74, 6) is -0.102. The summed E-state index contributed by atoms with van der Waals surface area (Å²) in [6.45, 7) is 0.334. The van der Waals surface area contributed by atoms with E-state index in [-0.39, 0.29) is 23.9 Å². The van der Waals surface area contributed by atoms with Crippen molar-refractivity contribution in [2.45, 2.75) is 19.0 Å². The number of hydrogen-bond acceptors (Lipinski definition) is 2. The Morgan fingerprint density at radius 1 is 0.923 bits per heavy atom. The number of hydrogen-bond donors (Lipinski definition) is 1. The second kappa shape index (κ2) is 8.63. The topological polar surface area (TPSA) is 51.1 Å². The molecule has 26 heavy (non-hydrogen) atoms. The Morgan fingerprint density at radius 2 is 1.50 bits per heavy atom. The monoisotopic (exact) mass is 410 g/mol. The van der Waals surface area contributed by atoms with Crippen LogP contribution in [0.1, 0.15) is 23.6 Å². The third-order valence-corrected chi connectivity index (χ3v) is 4.57. The molecule has 0 aliphatic heterocycles. The Hall–Kier alpha value is -2.66. The Balaban J connectivity index is 1.74. The molecule has 3 rings (SSSR count). The summed E-state index contributed by atoms with van der Waals surface area (Å²) in [7, 11) is 0. The van der Waals surface area contributed by atoms with Crippen LogP contribution in [-0.4, -0.2) is 10.5 Å². The van der Waals surface area contributed by atoms with Gasteiger partial charge >= 0.3 is 0 Å². The van der Waals surface area contributed by atoms with Gasteiger partial charge in [0.05, 0.1) is 6.04 Å². The minimum Gasteiger partial charge on any atom is -0.345 e. The number of amides is 1. The number of carbonyl (C=O) groups excluding carboxylic acids is 1. The van der Waals surface area contributed by atoms with Crippen LogP contribution < -0.4 is 10.9 Å². The second-order valence-corrected chi connectivity index (χ2v) is 6.87. The average molecular weight is 411 g/mol. The van der Waals surface area contributed by atoms with Crippen LogP contribution >= 0.6 is 15.9 Å². The van der Waals surface area contributed by atoms with E-state index >= 15 is 0 Å². The highest BCUT2D eigenvalue weighted by Gasteiger charge is 2.16. The minimum absolute atomic E-state index is 0.102. The summed E-state index contributed by atoms with van der Waals surface area (Å²) in [6, 6.07) is 22.7. The van der Waals surface area contributed by atoms with Crippen LogP contribution in [-0.2, 0) is 11.3 Å². The first-order chi connectivity index (χ1) is 12.6. The molecule has 1 aromatic heterocycles. The third kappa shape index (κ3) is 4.70. The van der Waals surface area contributed by atoms with E-state index < -0.39 is 0 Å². The lowest BCUT2D eigenvalue weighted by Crippen LogP contribution is -2.31. The highest BCUT2D eigenvalue weighted by molar-refractivity contribution is 9.10. The van der Waals surface area contributed by atoms with E-state index in [1.54, 1.807) is 12.3 Å². The van der Waals surface area contributed by atoms with E-state index in [1.807, 2.05) is 60.7 Å². The van der Waals surface area contributed by atoms with Crippen LogP contribution in [0.3, 0.4) is 0 Å². The maximum absolute atomic E-state index is 12.5. The van der Waals surface area contributed by atoms with Gasteiger partial charge in [-0.1, -0.05) is 60.7 Å². The molecule has 0 fully saturated rings. The largest absolute Gasteiger partial charge is 0.345 e. The molecule has 0 bridgehead atoms. The van der Waals surface area contributed by atoms with Gasteiger partial charge in [0, 0.05) is 29.7 Å². The molecule has 0 unspecified atom stereocenters. The number of aromatic nitrogens is 1. The van der Waals surface area contributed by atoms with Crippen molar-refractivity contribution in [3.8, 4) is 0 Å². The molecule has 0 aliphatic rings. The molecule has 3 aromatic rings. The average Bonchev–Trinajstić information content (AvgIpc) is 2.68. The molecule has 1 heterocycles. The van der Waals surface area contributed by atoms with Gasteiger partial charge in [0.1, 0.15) is 0 Å². The van der Waals surface area contributed by atoms with E-state index in [0.29, 0.717) is 6.54 Å².